The molecule has 0 radical (unpaired) electrons. The first kappa shape index (κ1) is 13.8. The molecule has 0 bridgehead atoms. The lowest BCUT2D eigenvalue weighted by atomic mass is 10.1. The normalized spacial score (nSPS) is 20.4. The van der Waals surface area contributed by atoms with Crippen molar-refractivity contribution in [3.05, 3.63) is 24.0 Å². The van der Waals surface area contributed by atoms with Crippen molar-refractivity contribution in [3.63, 3.8) is 0 Å². The molecule has 0 spiro atoms. The maximum atomic E-state index is 4.32. The number of nitrogens with zero attached hydrogens (tertiary/aromatic N) is 3. The molecule has 110 valence electrons. The van der Waals surface area contributed by atoms with Crippen LogP contribution in [0.4, 0.5) is 5.69 Å². The van der Waals surface area contributed by atoms with E-state index in [0.717, 1.165) is 32.1 Å². The van der Waals surface area contributed by atoms with E-state index < -0.39 is 0 Å². The van der Waals surface area contributed by atoms with E-state index in [9.17, 15) is 0 Å². The van der Waals surface area contributed by atoms with Gasteiger partial charge in [-0.05, 0) is 36.9 Å². The fraction of sp³-hybridized carbons (Fsp3) is 0.688. The highest BCUT2D eigenvalue weighted by molar-refractivity contribution is 5.52. The first-order chi connectivity index (χ1) is 9.86. The summed E-state index contributed by atoms with van der Waals surface area (Å²) in [5.41, 5.74) is 2.69. The van der Waals surface area contributed by atoms with Gasteiger partial charge in [0.05, 0.1) is 11.9 Å². The number of aromatic nitrogens is 1. The highest BCUT2D eigenvalue weighted by Gasteiger charge is 2.26. The Morgan fingerprint density at radius 3 is 2.75 bits per heavy atom. The van der Waals surface area contributed by atoms with Crippen LogP contribution in [0.25, 0.3) is 0 Å². The smallest absolute Gasteiger partial charge is 0.0599 e. The van der Waals surface area contributed by atoms with Gasteiger partial charge in [0.1, 0.15) is 0 Å². The zero-order valence-corrected chi connectivity index (χ0v) is 12.5. The number of pyridine rings is 1. The van der Waals surface area contributed by atoms with Gasteiger partial charge in [0.15, 0.2) is 0 Å². The molecular weight excluding hydrogens is 248 g/mol. The van der Waals surface area contributed by atoms with Crippen molar-refractivity contribution >= 4 is 5.69 Å². The second-order valence-electron chi connectivity index (χ2n) is 6.02. The monoisotopic (exact) mass is 274 g/mol. The lowest BCUT2D eigenvalue weighted by molar-refractivity contribution is 0.248. The summed E-state index contributed by atoms with van der Waals surface area (Å²) in [6.07, 6.45) is 6.84. The first-order valence-corrected chi connectivity index (χ1v) is 7.97. The van der Waals surface area contributed by atoms with Crippen LogP contribution in [-0.4, -0.2) is 49.2 Å². The van der Waals surface area contributed by atoms with Crippen LogP contribution in [0.3, 0.4) is 0 Å². The highest BCUT2D eigenvalue weighted by atomic mass is 15.3. The zero-order valence-electron chi connectivity index (χ0n) is 12.5. The third kappa shape index (κ3) is 3.49. The maximum absolute atomic E-state index is 4.32. The average molecular weight is 274 g/mol. The van der Waals surface area contributed by atoms with Crippen molar-refractivity contribution in [1.29, 1.82) is 0 Å². The van der Waals surface area contributed by atoms with Crippen LogP contribution in [0, 0.1) is 5.92 Å². The Kier molecular flexibility index (Phi) is 4.53. The average Bonchev–Trinajstić information content (AvgIpc) is 3.30. The molecule has 2 heterocycles. The van der Waals surface area contributed by atoms with Gasteiger partial charge in [0.2, 0.25) is 0 Å². The van der Waals surface area contributed by atoms with Crippen molar-refractivity contribution in [1.82, 2.24) is 15.2 Å². The fourth-order valence-electron chi connectivity index (χ4n) is 2.95. The molecule has 1 saturated heterocycles. The van der Waals surface area contributed by atoms with E-state index >= 15 is 0 Å². The van der Waals surface area contributed by atoms with E-state index in [2.05, 4.69) is 33.1 Å². The first-order valence-electron chi connectivity index (χ1n) is 7.97. The van der Waals surface area contributed by atoms with Gasteiger partial charge in [0.25, 0.3) is 0 Å². The Labute approximate surface area is 122 Å². The van der Waals surface area contributed by atoms with Gasteiger partial charge < -0.3 is 10.2 Å². The molecule has 3 rings (SSSR count). The molecule has 20 heavy (non-hydrogen) atoms. The largest absolute Gasteiger partial charge is 0.367 e. The number of anilines is 1. The van der Waals surface area contributed by atoms with Gasteiger partial charge in [-0.2, -0.15) is 0 Å². The second-order valence-corrected chi connectivity index (χ2v) is 6.02. The Hall–Kier alpha value is -1.13. The van der Waals surface area contributed by atoms with Gasteiger partial charge >= 0.3 is 0 Å². The van der Waals surface area contributed by atoms with Crippen LogP contribution in [0.2, 0.25) is 0 Å². The third-order valence-electron chi connectivity index (χ3n) is 4.38. The number of rotatable bonds is 6. The standard InChI is InChI=1S/C16H26N4/c1-2-17-11-15-5-6-18-12-16(15)20-9-7-19(8-10-20)13-14-3-4-14/h5-6,12,14,17H,2-4,7-11,13H2,1H3. The summed E-state index contributed by atoms with van der Waals surface area (Å²) in [5, 5.41) is 3.42. The predicted molar refractivity (Wildman–Crippen MR) is 83.0 cm³/mol. The van der Waals surface area contributed by atoms with Crippen molar-refractivity contribution in [2.45, 2.75) is 26.3 Å². The lowest BCUT2D eigenvalue weighted by Crippen LogP contribution is -2.47. The SMILES string of the molecule is CCNCc1ccncc1N1CCN(CC2CC2)CC1. The van der Waals surface area contributed by atoms with Gasteiger partial charge in [-0.25, -0.2) is 0 Å². The van der Waals surface area contributed by atoms with Gasteiger partial charge in [0, 0.05) is 45.5 Å². The molecule has 0 atom stereocenters. The van der Waals surface area contributed by atoms with E-state index in [1.54, 1.807) is 0 Å². The number of piperazine rings is 1. The topological polar surface area (TPSA) is 31.4 Å². The van der Waals surface area contributed by atoms with Crippen molar-refractivity contribution in [2.75, 3.05) is 44.2 Å². The van der Waals surface area contributed by atoms with Gasteiger partial charge in [-0.3, -0.25) is 9.88 Å². The number of hydrogen-bond donors (Lipinski definition) is 1. The molecule has 1 aliphatic heterocycles. The third-order valence-corrected chi connectivity index (χ3v) is 4.38. The Morgan fingerprint density at radius 2 is 2.05 bits per heavy atom. The molecule has 4 nitrogen and oxygen atoms in total. The molecule has 0 aromatic carbocycles. The minimum Gasteiger partial charge on any atom is -0.367 e. The predicted octanol–water partition coefficient (Wildman–Crippen LogP) is 1.72. The Bertz CT molecular complexity index is 422. The summed E-state index contributed by atoms with van der Waals surface area (Å²) in [6, 6.07) is 2.15. The van der Waals surface area contributed by atoms with Crippen LogP contribution < -0.4 is 10.2 Å². The lowest BCUT2D eigenvalue weighted by Gasteiger charge is -2.36. The van der Waals surface area contributed by atoms with Gasteiger partial charge in [-0.1, -0.05) is 6.92 Å². The van der Waals surface area contributed by atoms with Crippen molar-refractivity contribution in [3.8, 4) is 0 Å². The summed E-state index contributed by atoms with van der Waals surface area (Å²) in [7, 11) is 0. The summed E-state index contributed by atoms with van der Waals surface area (Å²) in [4.78, 5) is 9.46. The van der Waals surface area contributed by atoms with Crippen LogP contribution >= 0.6 is 0 Å². The van der Waals surface area contributed by atoms with Crippen molar-refractivity contribution in [2.24, 2.45) is 5.92 Å². The maximum Gasteiger partial charge on any atom is 0.0599 e. The van der Waals surface area contributed by atoms with Crippen LogP contribution in [0.15, 0.2) is 18.5 Å². The Morgan fingerprint density at radius 1 is 1.25 bits per heavy atom. The van der Waals surface area contributed by atoms with E-state index in [1.807, 2.05) is 12.4 Å². The number of nitrogens with one attached hydrogen (secondary N) is 1. The van der Waals surface area contributed by atoms with Crippen molar-refractivity contribution < 1.29 is 0 Å². The molecule has 1 aromatic heterocycles. The van der Waals surface area contributed by atoms with E-state index in [-0.39, 0.29) is 0 Å². The molecule has 2 aliphatic rings. The zero-order chi connectivity index (χ0) is 13.8. The minimum atomic E-state index is 0.941. The van der Waals surface area contributed by atoms with Crippen LogP contribution in [0.1, 0.15) is 25.3 Å². The quantitative estimate of drug-likeness (QED) is 0.856. The molecule has 0 unspecified atom stereocenters. The second kappa shape index (κ2) is 6.55. The molecule has 1 aliphatic carbocycles. The van der Waals surface area contributed by atoms with Gasteiger partial charge in [-0.15, -0.1) is 0 Å². The fourth-order valence-corrected chi connectivity index (χ4v) is 2.95. The molecule has 4 heteroatoms. The Balaban J connectivity index is 1.58. The van der Waals surface area contributed by atoms with E-state index in [4.69, 9.17) is 0 Å². The molecule has 1 N–H and O–H groups in total. The molecule has 2 fully saturated rings. The molecular formula is C16H26N4. The summed E-state index contributed by atoms with van der Waals surface area (Å²) < 4.78 is 0. The van der Waals surface area contributed by atoms with Crippen LogP contribution in [-0.2, 0) is 6.54 Å². The minimum absolute atomic E-state index is 0.941. The highest BCUT2D eigenvalue weighted by Crippen LogP contribution is 2.30. The molecule has 1 aromatic rings. The van der Waals surface area contributed by atoms with E-state index in [1.165, 1.54) is 43.7 Å². The van der Waals surface area contributed by atoms with E-state index in [0.29, 0.717) is 0 Å². The summed E-state index contributed by atoms with van der Waals surface area (Å²) in [6.45, 7) is 10.1. The van der Waals surface area contributed by atoms with Crippen LogP contribution in [0.5, 0.6) is 0 Å². The molecule has 1 saturated carbocycles. The summed E-state index contributed by atoms with van der Waals surface area (Å²) >= 11 is 0. The number of hydrogen-bond acceptors (Lipinski definition) is 4. The molecule has 0 amide bonds. The summed E-state index contributed by atoms with van der Waals surface area (Å²) in [5.74, 6) is 1.00.